The monoisotopic (exact) mass is 716 g/mol. The van der Waals surface area contributed by atoms with Crippen molar-refractivity contribution in [2.45, 2.75) is 6.54 Å². The van der Waals surface area contributed by atoms with Crippen LogP contribution in [-0.2, 0) is 16.1 Å². The van der Waals surface area contributed by atoms with Gasteiger partial charge >= 0.3 is 0 Å². The van der Waals surface area contributed by atoms with Crippen LogP contribution >= 0.6 is 62.5 Å². The number of hydrogen-bond donors (Lipinski definition) is 1. The number of amidine groups is 1. The molecule has 2 amide bonds. The van der Waals surface area contributed by atoms with E-state index in [2.05, 4.69) is 31.4 Å². The number of nitrogens with zero attached hydrogens (tertiary/aromatic N) is 3. The number of carbonyl (C=O) groups excluding carboxylic acids is 2. The van der Waals surface area contributed by atoms with Crippen molar-refractivity contribution < 1.29 is 18.7 Å². The van der Waals surface area contributed by atoms with Crippen LogP contribution in [0.4, 0.5) is 5.69 Å². The second-order valence-corrected chi connectivity index (χ2v) is 12.0. The molecule has 1 aliphatic heterocycles. The smallest absolute Gasteiger partial charge is 0.267 e. The van der Waals surface area contributed by atoms with Gasteiger partial charge in [0.1, 0.15) is 11.5 Å². The first-order chi connectivity index (χ1) is 20.8. The summed E-state index contributed by atoms with van der Waals surface area (Å²) in [5.74, 6) is 0.323. The van der Waals surface area contributed by atoms with Crippen LogP contribution in [0.2, 0.25) is 15.1 Å². The van der Waals surface area contributed by atoms with Gasteiger partial charge in [0, 0.05) is 26.3 Å². The molecule has 0 radical (unpaired) electrons. The summed E-state index contributed by atoms with van der Waals surface area (Å²) in [4.78, 5) is 27.9. The summed E-state index contributed by atoms with van der Waals surface area (Å²) in [5, 5.41) is 12.9. The van der Waals surface area contributed by atoms with Gasteiger partial charge in [0.25, 0.3) is 11.8 Å². The molecule has 1 saturated heterocycles. The van der Waals surface area contributed by atoms with Gasteiger partial charge in [-0.3, -0.25) is 14.5 Å². The van der Waals surface area contributed by atoms with Crippen LogP contribution in [0.15, 0.2) is 103 Å². The Morgan fingerprint density at radius 2 is 1.86 bits per heavy atom. The van der Waals surface area contributed by atoms with Crippen molar-refractivity contribution in [1.82, 2.24) is 4.90 Å². The third-order valence-corrected chi connectivity index (χ3v) is 8.42. The van der Waals surface area contributed by atoms with Crippen LogP contribution in [0.1, 0.15) is 16.9 Å². The number of thioether (sulfide) groups is 1. The third-order valence-electron chi connectivity index (χ3n) is 5.85. The number of amides is 2. The van der Waals surface area contributed by atoms with Crippen molar-refractivity contribution in [1.29, 1.82) is 0 Å². The summed E-state index contributed by atoms with van der Waals surface area (Å²) in [6, 6.07) is 20.7. The van der Waals surface area contributed by atoms with Crippen LogP contribution in [0, 0.1) is 0 Å². The molecule has 4 aromatic rings. The van der Waals surface area contributed by atoms with E-state index in [1.54, 1.807) is 78.9 Å². The predicted octanol–water partition coefficient (Wildman–Crippen LogP) is 8.53. The molecular weight excluding hydrogens is 699 g/mol. The zero-order valence-electron chi connectivity index (χ0n) is 22.0. The van der Waals surface area contributed by atoms with Gasteiger partial charge in [-0.2, -0.15) is 5.10 Å². The Labute approximate surface area is 274 Å². The van der Waals surface area contributed by atoms with E-state index in [0.717, 1.165) is 16.2 Å². The van der Waals surface area contributed by atoms with Crippen LogP contribution in [0.3, 0.4) is 0 Å². The van der Waals surface area contributed by atoms with Gasteiger partial charge in [0.2, 0.25) is 0 Å². The van der Waals surface area contributed by atoms with Crippen molar-refractivity contribution in [2.75, 3.05) is 11.9 Å². The summed E-state index contributed by atoms with van der Waals surface area (Å²) >= 11 is 22.9. The zero-order valence-corrected chi connectivity index (χ0v) is 26.6. The Bertz CT molecular complexity index is 1740. The van der Waals surface area contributed by atoms with Crippen molar-refractivity contribution in [3.05, 3.63) is 120 Å². The first-order valence-electron chi connectivity index (χ1n) is 12.5. The van der Waals surface area contributed by atoms with Crippen LogP contribution in [0.5, 0.6) is 5.75 Å². The molecule has 0 unspecified atom stereocenters. The standard InChI is InChI=1S/C30H20BrCl3N4O4S/c31-20-6-11-25(42-17-27(39)36-22-9-7-21(32)8-10-22)19(13-20)14-26-29(40)38(16-23-4-2-12-41-23)30(43-26)37-35-15-18-3-1-5-24(33)28(18)34/h1-15H,16-17H2,(H,36,39)/b26-14-,35-15-,37-30+. The summed E-state index contributed by atoms with van der Waals surface area (Å²) in [7, 11) is 0. The maximum absolute atomic E-state index is 13.6. The molecule has 2 heterocycles. The van der Waals surface area contributed by atoms with Crippen molar-refractivity contribution >= 4 is 97.5 Å². The zero-order chi connectivity index (χ0) is 30.3. The lowest BCUT2D eigenvalue weighted by Crippen LogP contribution is -2.28. The molecule has 0 atom stereocenters. The lowest BCUT2D eigenvalue weighted by Gasteiger charge is -2.13. The Kier molecular flexibility index (Phi) is 10.3. The first-order valence-corrected chi connectivity index (χ1v) is 15.3. The molecule has 218 valence electrons. The molecule has 1 fully saturated rings. The number of halogens is 4. The highest BCUT2D eigenvalue weighted by Crippen LogP contribution is 2.36. The van der Waals surface area contributed by atoms with Gasteiger partial charge in [-0.15, -0.1) is 5.10 Å². The van der Waals surface area contributed by atoms with E-state index in [1.807, 2.05) is 0 Å². The molecule has 8 nitrogen and oxygen atoms in total. The molecule has 13 heteroatoms. The molecule has 5 rings (SSSR count). The summed E-state index contributed by atoms with van der Waals surface area (Å²) in [5.41, 5.74) is 1.75. The van der Waals surface area contributed by atoms with E-state index >= 15 is 0 Å². The minimum absolute atomic E-state index is 0.148. The SMILES string of the molecule is O=C(COc1ccc(Br)cc1/C=C1\S/C(=N/N=C\c2cccc(Cl)c2Cl)N(Cc2ccco2)C1=O)Nc1ccc(Cl)cc1. The minimum atomic E-state index is -0.355. The highest BCUT2D eigenvalue weighted by molar-refractivity contribution is 9.10. The van der Waals surface area contributed by atoms with Gasteiger partial charge in [-0.25, -0.2) is 0 Å². The lowest BCUT2D eigenvalue weighted by molar-refractivity contribution is -0.122. The normalized spacial score (nSPS) is 15.2. The van der Waals surface area contributed by atoms with Crippen LogP contribution in [-0.4, -0.2) is 34.7 Å². The first kappa shape index (κ1) is 30.9. The molecule has 0 saturated carbocycles. The topological polar surface area (TPSA) is 96.5 Å². The number of furan rings is 1. The Balaban J connectivity index is 1.38. The van der Waals surface area contributed by atoms with E-state index in [9.17, 15) is 9.59 Å². The maximum Gasteiger partial charge on any atom is 0.267 e. The van der Waals surface area contributed by atoms with Crippen molar-refractivity contribution in [2.24, 2.45) is 10.2 Å². The van der Waals surface area contributed by atoms with Gasteiger partial charge < -0.3 is 14.5 Å². The molecule has 43 heavy (non-hydrogen) atoms. The fourth-order valence-electron chi connectivity index (χ4n) is 3.82. The molecule has 0 bridgehead atoms. The van der Waals surface area contributed by atoms with E-state index in [4.69, 9.17) is 44.0 Å². The number of ether oxygens (including phenoxy) is 1. The van der Waals surface area contributed by atoms with Gasteiger partial charge in [-0.05, 0) is 78.5 Å². The largest absolute Gasteiger partial charge is 0.483 e. The highest BCUT2D eigenvalue weighted by atomic mass is 79.9. The Hall–Kier alpha value is -3.54. The fraction of sp³-hybridized carbons (Fsp3) is 0.0667. The quantitative estimate of drug-likeness (QED) is 0.106. The average molecular weight is 719 g/mol. The van der Waals surface area contributed by atoms with Crippen molar-refractivity contribution in [3.8, 4) is 5.75 Å². The summed E-state index contributed by atoms with van der Waals surface area (Å²) < 4.78 is 12.1. The van der Waals surface area contributed by atoms with E-state index in [1.165, 1.54) is 17.4 Å². The number of hydrogen-bond acceptors (Lipinski definition) is 7. The van der Waals surface area contributed by atoms with E-state index in [0.29, 0.717) is 53.5 Å². The Morgan fingerprint density at radius 1 is 1.05 bits per heavy atom. The van der Waals surface area contributed by atoms with Crippen LogP contribution in [0.25, 0.3) is 6.08 Å². The highest BCUT2D eigenvalue weighted by Gasteiger charge is 2.34. The molecule has 1 aliphatic rings. The minimum Gasteiger partial charge on any atom is -0.483 e. The molecular formula is C30H20BrCl3N4O4S. The van der Waals surface area contributed by atoms with Gasteiger partial charge in [0.15, 0.2) is 11.8 Å². The lowest BCUT2D eigenvalue weighted by atomic mass is 10.2. The third kappa shape index (κ3) is 8.10. The van der Waals surface area contributed by atoms with E-state index in [-0.39, 0.29) is 25.0 Å². The number of anilines is 1. The predicted molar refractivity (Wildman–Crippen MR) is 176 cm³/mol. The second-order valence-electron chi connectivity index (χ2n) is 8.88. The number of rotatable bonds is 9. The molecule has 1 aromatic heterocycles. The summed E-state index contributed by atoms with van der Waals surface area (Å²) in [6.07, 6.45) is 4.68. The Morgan fingerprint density at radius 3 is 2.63 bits per heavy atom. The fourth-order valence-corrected chi connectivity index (χ4v) is 5.61. The second kappa shape index (κ2) is 14.3. The molecule has 1 N–H and O–H groups in total. The maximum atomic E-state index is 13.6. The van der Waals surface area contributed by atoms with Gasteiger partial charge in [0.05, 0.1) is 34.0 Å². The molecule has 0 aliphatic carbocycles. The average Bonchev–Trinajstić information content (AvgIpc) is 3.60. The molecule has 0 spiro atoms. The van der Waals surface area contributed by atoms with Crippen LogP contribution < -0.4 is 10.1 Å². The number of carbonyl (C=O) groups is 2. The number of nitrogens with one attached hydrogen (secondary N) is 1. The summed E-state index contributed by atoms with van der Waals surface area (Å²) in [6.45, 7) is -0.102. The van der Waals surface area contributed by atoms with E-state index < -0.39 is 0 Å². The number of benzene rings is 3. The van der Waals surface area contributed by atoms with Gasteiger partial charge in [-0.1, -0.05) is 62.9 Å². The molecule has 3 aromatic carbocycles. The van der Waals surface area contributed by atoms with Crippen molar-refractivity contribution in [3.63, 3.8) is 0 Å².